The molecule has 0 radical (unpaired) electrons. The van der Waals surface area contributed by atoms with E-state index in [1.165, 1.54) is 12.1 Å². The average Bonchev–Trinajstić information content (AvgIpc) is 2.54. The van der Waals surface area contributed by atoms with Crippen molar-refractivity contribution in [3.63, 3.8) is 0 Å². The maximum Gasteiger partial charge on any atom is 0.573 e. The molecule has 0 heterocycles. The number of sulfonamides is 1. The monoisotopic (exact) mass is 388 g/mol. The van der Waals surface area contributed by atoms with E-state index in [1.807, 2.05) is 0 Å². The Kier molecular flexibility index (Phi) is 5.76. The number of benzene rings is 2. The van der Waals surface area contributed by atoms with Gasteiger partial charge in [-0.25, -0.2) is 8.42 Å². The van der Waals surface area contributed by atoms with Crippen molar-refractivity contribution in [2.45, 2.75) is 17.7 Å². The first-order valence-corrected chi connectivity index (χ1v) is 8.75. The van der Waals surface area contributed by atoms with Crippen LogP contribution < -0.4 is 14.8 Å². The number of para-hydroxylation sites is 1. The molecular formula is C16H15F3N2O4S. The summed E-state index contributed by atoms with van der Waals surface area (Å²) in [5, 5.41) is 0. The van der Waals surface area contributed by atoms with Crippen LogP contribution in [0.2, 0.25) is 0 Å². The Morgan fingerprint density at radius 2 is 1.62 bits per heavy atom. The van der Waals surface area contributed by atoms with Gasteiger partial charge in [0.2, 0.25) is 5.91 Å². The first-order valence-electron chi connectivity index (χ1n) is 7.31. The zero-order valence-electron chi connectivity index (χ0n) is 13.3. The fraction of sp³-hybridized carbons (Fsp3) is 0.188. The number of hydrogen-bond acceptors (Lipinski definition) is 4. The third kappa shape index (κ3) is 5.12. The number of carbonyl (C=O) groups excluding carboxylic acids is 1. The lowest BCUT2D eigenvalue weighted by Gasteiger charge is -2.24. The highest BCUT2D eigenvalue weighted by Gasteiger charge is 2.31. The van der Waals surface area contributed by atoms with Gasteiger partial charge in [-0.05, 0) is 36.4 Å². The van der Waals surface area contributed by atoms with Crippen LogP contribution in [0, 0.1) is 0 Å². The number of primary amides is 1. The van der Waals surface area contributed by atoms with Crippen LogP contribution in [0.5, 0.6) is 5.75 Å². The van der Waals surface area contributed by atoms with Crippen molar-refractivity contribution in [3.05, 3.63) is 54.6 Å². The van der Waals surface area contributed by atoms with Crippen LogP contribution in [0.4, 0.5) is 18.9 Å². The van der Waals surface area contributed by atoms with Crippen molar-refractivity contribution < 1.29 is 31.1 Å². The van der Waals surface area contributed by atoms with Crippen molar-refractivity contribution >= 4 is 21.6 Å². The summed E-state index contributed by atoms with van der Waals surface area (Å²) in [7, 11) is -4.12. The summed E-state index contributed by atoms with van der Waals surface area (Å²) in [5.41, 5.74) is 5.39. The highest BCUT2D eigenvalue weighted by atomic mass is 32.2. The van der Waals surface area contributed by atoms with Crippen LogP contribution >= 0.6 is 0 Å². The number of nitrogens with two attached hydrogens (primary N) is 1. The zero-order chi connectivity index (χ0) is 19.4. The number of alkyl halides is 3. The first-order chi connectivity index (χ1) is 12.1. The van der Waals surface area contributed by atoms with Crippen LogP contribution in [0.1, 0.15) is 6.42 Å². The van der Waals surface area contributed by atoms with Gasteiger partial charge in [0.25, 0.3) is 10.0 Å². The Bertz CT molecular complexity index is 853. The van der Waals surface area contributed by atoms with E-state index in [2.05, 4.69) is 4.74 Å². The number of anilines is 1. The summed E-state index contributed by atoms with van der Waals surface area (Å²) >= 11 is 0. The normalized spacial score (nSPS) is 11.8. The van der Waals surface area contributed by atoms with Crippen molar-refractivity contribution in [2.75, 3.05) is 10.8 Å². The lowest BCUT2D eigenvalue weighted by molar-refractivity contribution is -0.274. The average molecular weight is 388 g/mol. The molecule has 0 saturated carbocycles. The molecule has 6 nitrogen and oxygen atoms in total. The molecule has 0 spiro atoms. The van der Waals surface area contributed by atoms with Gasteiger partial charge in [-0.15, -0.1) is 13.2 Å². The van der Waals surface area contributed by atoms with E-state index in [-0.39, 0.29) is 17.9 Å². The Balaban J connectivity index is 2.35. The van der Waals surface area contributed by atoms with E-state index >= 15 is 0 Å². The molecule has 0 aromatic heterocycles. The number of hydrogen-bond donors (Lipinski definition) is 1. The number of ether oxygens (including phenoxy) is 1. The molecule has 10 heteroatoms. The molecule has 0 aliphatic heterocycles. The second kappa shape index (κ2) is 7.65. The molecule has 2 aromatic rings. The minimum Gasteiger partial charge on any atom is -0.406 e. The molecule has 0 bridgehead atoms. The Morgan fingerprint density at radius 3 is 2.12 bits per heavy atom. The molecule has 0 atom stereocenters. The minimum atomic E-state index is -4.88. The van der Waals surface area contributed by atoms with E-state index in [1.54, 1.807) is 18.2 Å². The van der Waals surface area contributed by atoms with Crippen LogP contribution in [0.15, 0.2) is 59.5 Å². The fourth-order valence-corrected chi connectivity index (χ4v) is 3.60. The van der Waals surface area contributed by atoms with E-state index < -0.39 is 28.0 Å². The fourth-order valence-electron chi connectivity index (χ4n) is 2.13. The Labute approximate surface area is 148 Å². The molecular weight excluding hydrogens is 373 g/mol. The third-order valence-electron chi connectivity index (χ3n) is 3.25. The van der Waals surface area contributed by atoms with Gasteiger partial charge in [-0.2, -0.15) is 0 Å². The van der Waals surface area contributed by atoms with Crippen molar-refractivity contribution in [2.24, 2.45) is 5.73 Å². The van der Waals surface area contributed by atoms with Gasteiger partial charge >= 0.3 is 6.36 Å². The number of rotatable bonds is 7. The van der Waals surface area contributed by atoms with Crippen LogP contribution in [-0.2, 0) is 14.8 Å². The molecule has 140 valence electrons. The molecule has 0 aliphatic rings. The molecule has 2 rings (SSSR count). The highest BCUT2D eigenvalue weighted by molar-refractivity contribution is 7.92. The number of halogens is 3. The van der Waals surface area contributed by atoms with E-state index in [4.69, 9.17) is 5.73 Å². The molecule has 0 unspecified atom stereocenters. The topological polar surface area (TPSA) is 89.7 Å². The summed E-state index contributed by atoms with van der Waals surface area (Å²) in [4.78, 5) is 10.8. The van der Waals surface area contributed by atoms with Gasteiger partial charge in [0.15, 0.2) is 0 Å². The standard InChI is InChI=1S/C16H15F3N2O4S/c17-16(18,19)25-13-6-8-14(9-7-13)26(23,24)21(11-10-15(20)22)12-4-2-1-3-5-12/h1-9H,10-11H2,(H2,20,22). The molecule has 26 heavy (non-hydrogen) atoms. The first kappa shape index (κ1) is 19.6. The summed E-state index contributed by atoms with van der Waals surface area (Å²) in [6.07, 6.45) is -5.10. The highest BCUT2D eigenvalue weighted by Crippen LogP contribution is 2.27. The predicted molar refractivity (Wildman–Crippen MR) is 87.9 cm³/mol. The summed E-state index contributed by atoms with van der Waals surface area (Å²) in [5.74, 6) is -1.23. The smallest absolute Gasteiger partial charge is 0.406 e. The van der Waals surface area contributed by atoms with Crippen molar-refractivity contribution in [3.8, 4) is 5.75 Å². The Morgan fingerprint density at radius 1 is 1.04 bits per heavy atom. The summed E-state index contributed by atoms with van der Waals surface area (Å²) in [6.45, 7) is -0.206. The SMILES string of the molecule is NC(=O)CCN(c1ccccc1)S(=O)(=O)c1ccc(OC(F)(F)F)cc1. The molecule has 0 aliphatic carbocycles. The van der Waals surface area contributed by atoms with Gasteiger partial charge in [0.05, 0.1) is 10.6 Å². The lowest BCUT2D eigenvalue weighted by atomic mass is 10.3. The lowest BCUT2D eigenvalue weighted by Crippen LogP contribution is -2.34. The quantitative estimate of drug-likeness (QED) is 0.790. The van der Waals surface area contributed by atoms with Gasteiger partial charge < -0.3 is 10.5 Å². The van der Waals surface area contributed by atoms with Gasteiger partial charge in [0, 0.05) is 13.0 Å². The van der Waals surface area contributed by atoms with Gasteiger partial charge in [-0.1, -0.05) is 18.2 Å². The van der Waals surface area contributed by atoms with E-state index in [0.717, 1.165) is 28.6 Å². The maximum absolute atomic E-state index is 12.9. The Hall–Kier alpha value is -2.75. The molecule has 0 saturated heterocycles. The van der Waals surface area contributed by atoms with Gasteiger partial charge in [-0.3, -0.25) is 9.10 Å². The van der Waals surface area contributed by atoms with Crippen molar-refractivity contribution in [1.29, 1.82) is 0 Å². The van der Waals surface area contributed by atoms with E-state index in [0.29, 0.717) is 5.69 Å². The minimum absolute atomic E-state index is 0.206. The van der Waals surface area contributed by atoms with Gasteiger partial charge in [0.1, 0.15) is 5.75 Å². The third-order valence-corrected chi connectivity index (χ3v) is 5.09. The predicted octanol–water partition coefficient (Wildman–Crippen LogP) is 2.66. The zero-order valence-corrected chi connectivity index (χ0v) is 14.1. The van der Waals surface area contributed by atoms with E-state index in [9.17, 15) is 26.4 Å². The van der Waals surface area contributed by atoms with Crippen LogP contribution in [0.3, 0.4) is 0 Å². The molecule has 0 fully saturated rings. The second-order valence-electron chi connectivity index (χ2n) is 5.15. The number of carbonyl (C=O) groups is 1. The largest absolute Gasteiger partial charge is 0.573 e. The summed E-state index contributed by atoms with van der Waals surface area (Å²) < 4.78 is 67.0. The molecule has 2 N–H and O–H groups in total. The molecule has 1 amide bonds. The van der Waals surface area contributed by atoms with Crippen molar-refractivity contribution in [1.82, 2.24) is 0 Å². The maximum atomic E-state index is 12.9. The van der Waals surface area contributed by atoms with Crippen LogP contribution in [0.25, 0.3) is 0 Å². The van der Waals surface area contributed by atoms with Crippen LogP contribution in [-0.4, -0.2) is 27.2 Å². The number of amides is 1. The number of nitrogens with zero attached hydrogens (tertiary/aromatic N) is 1. The summed E-state index contributed by atoms with van der Waals surface area (Å²) in [6, 6.07) is 11.8. The second-order valence-corrected chi connectivity index (χ2v) is 7.01. The molecule has 2 aromatic carbocycles.